The van der Waals surface area contributed by atoms with E-state index in [0.29, 0.717) is 16.8 Å². The van der Waals surface area contributed by atoms with Crippen LogP contribution in [0.5, 0.6) is 5.75 Å². The van der Waals surface area contributed by atoms with Gasteiger partial charge < -0.3 is 20.5 Å². The number of ether oxygens (including phenoxy) is 1. The minimum absolute atomic E-state index is 0.0808. The van der Waals surface area contributed by atoms with E-state index in [0.717, 1.165) is 18.2 Å². The standard InChI is InChI=1S/C20H17NO2S.C8H7Cl2N3O3S/c22-19(13-24)21-16-11-17(14-7-3-1-4-8-14)20(23)18(12-16)15-9-5-2-6-10-15;1-16-8(15)4-7(11-3(14)2-17)13-6(10)5(9)12-4/h1-12,23-24H,13H2,(H,21,22);17H,2H2,1H3,(H,11,13,14). The number of esters is 1. The molecule has 1 heterocycles. The fourth-order valence-electron chi connectivity index (χ4n) is 3.47. The fourth-order valence-corrected chi connectivity index (χ4v) is 3.89. The Kier molecular flexibility index (Phi) is 11.8. The average Bonchev–Trinajstić information content (AvgIpc) is 3.00. The number of nitrogens with zero attached hydrogens (tertiary/aromatic N) is 2. The fraction of sp³-hybridized carbons (Fsp3) is 0.107. The number of phenols is 1. The van der Waals surface area contributed by atoms with Gasteiger partial charge in [0.15, 0.2) is 21.8 Å². The van der Waals surface area contributed by atoms with Gasteiger partial charge in [-0.2, -0.15) is 25.3 Å². The number of carbonyl (C=O) groups is 3. The van der Waals surface area contributed by atoms with Crippen LogP contribution in [-0.2, 0) is 14.3 Å². The number of halogens is 2. The number of nitrogens with one attached hydrogen (secondary N) is 2. The van der Waals surface area contributed by atoms with Crippen LogP contribution >= 0.6 is 48.5 Å². The quantitative estimate of drug-likeness (QED) is 0.0957. The normalized spacial score (nSPS) is 10.2. The molecule has 0 saturated carbocycles. The smallest absolute Gasteiger partial charge is 0.360 e. The van der Waals surface area contributed by atoms with Gasteiger partial charge in [0, 0.05) is 16.8 Å². The summed E-state index contributed by atoms with van der Waals surface area (Å²) in [6.45, 7) is 0. The third kappa shape index (κ3) is 8.61. The highest BCUT2D eigenvalue weighted by atomic mass is 35.5. The minimum atomic E-state index is -0.787. The lowest BCUT2D eigenvalue weighted by Gasteiger charge is -2.14. The Labute approximate surface area is 257 Å². The van der Waals surface area contributed by atoms with Crippen LogP contribution in [0.15, 0.2) is 72.8 Å². The molecule has 3 N–H and O–H groups in total. The number of anilines is 2. The van der Waals surface area contributed by atoms with Crippen LogP contribution in [-0.4, -0.2) is 51.5 Å². The third-order valence-corrected chi connectivity index (χ3v) is 6.50. The van der Waals surface area contributed by atoms with Crippen LogP contribution in [0.1, 0.15) is 10.5 Å². The number of rotatable bonds is 7. The zero-order chi connectivity index (χ0) is 29.9. The first kappa shape index (κ1) is 31.8. The molecule has 0 radical (unpaired) electrons. The van der Waals surface area contributed by atoms with Crippen molar-refractivity contribution in [3.63, 3.8) is 0 Å². The summed E-state index contributed by atoms with van der Waals surface area (Å²) in [5.41, 5.74) is 3.52. The second kappa shape index (κ2) is 15.3. The van der Waals surface area contributed by atoms with Crippen LogP contribution in [0.3, 0.4) is 0 Å². The molecule has 0 bridgehead atoms. The Morgan fingerprint density at radius 1 is 0.805 bits per heavy atom. The van der Waals surface area contributed by atoms with Gasteiger partial charge in [0.05, 0.1) is 18.6 Å². The van der Waals surface area contributed by atoms with E-state index < -0.39 is 11.9 Å². The Morgan fingerprint density at radius 3 is 1.73 bits per heavy atom. The van der Waals surface area contributed by atoms with Crippen LogP contribution in [0.25, 0.3) is 22.3 Å². The lowest BCUT2D eigenvalue weighted by atomic mass is 9.96. The van der Waals surface area contributed by atoms with Gasteiger partial charge in [-0.15, -0.1) is 0 Å². The van der Waals surface area contributed by atoms with Crippen molar-refractivity contribution < 1.29 is 24.2 Å². The lowest BCUT2D eigenvalue weighted by Crippen LogP contribution is -2.19. The molecule has 212 valence electrons. The summed E-state index contributed by atoms with van der Waals surface area (Å²) in [6, 6.07) is 22.7. The maximum absolute atomic E-state index is 11.7. The summed E-state index contributed by atoms with van der Waals surface area (Å²) < 4.78 is 4.47. The monoisotopic (exact) mass is 630 g/mol. The van der Waals surface area contributed by atoms with Crippen LogP contribution < -0.4 is 10.6 Å². The maximum atomic E-state index is 11.7. The van der Waals surface area contributed by atoms with Crippen molar-refractivity contribution in [3.8, 4) is 28.0 Å². The number of carbonyl (C=O) groups excluding carboxylic acids is 3. The highest BCUT2D eigenvalue weighted by molar-refractivity contribution is 7.81. The summed E-state index contributed by atoms with van der Waals surface area (Å²) >= 11 is 19.0. The summed E-state index contributed by atoms with van der Waals surface area (Å²) in [4.78, 5) is 41.7. The van der Waals surface area contributed by atoms with Gasteiger partial charge in [0.1, 0.15) is 5.75 Å². The number of aromatic hydroxyl groups is 1. The Morgan fingerprint density at radius 2 is 1.27 bits per heavy atom. The van der Waals surface area contributed by atoms with Gasteiger partial charge in [-0.25, -0.2) is 14.8 Å². The first-order chi connectivity index (χ1) is 19.7. The molecule has 0 unspecified atom stereocenters. The molecule has 9 nitrogen and oxygen atoms in total. The van der Waals surface area contributed by atoms with Crippen molar-refractivity contribution in [3.05, 3.63) is 88.8 Å². The number of hydrogen-bond acceptors (Lipinski definition) is 9. The number of phenolic OH excluding ortho intramolecular Hbond substituents is 1. The largest absolute Gasteiger partial charge is 0.507 e. The lowest BCUT2D eigenvalue weighted by molar-refractivity contribution is -0.114. The van der Waals surface area contributed by atoms with Crippen LogP contribution in [0.2, 0.25) is 10.3 Å². The molecule has 2 amide bonds. The number of methoxy groups -OCH3 is 1. The second-order valence-corrected chi connectivity index (χ2v) is 9.41. The Hall–Kier alpha value is -3.77. The molecule has 41 heavy (non-hydrogen) atoms. The number of benzene rings is 3. The molecular weight excluding hydrogens is 607 g/mol. The van der Waals surface area contributed by atoms with Crippen LogP contribution in [0.4, 0.5) is 11.5 Å². The molecular formula is C28H24Cl2N4O5S2. The Balaban J connectivity index is 0.000000241. The number of aromatic nitrogens is 2. The summed E-state index contributed by atoms with van der Waals surface area (Å²) in [6.07, 6.45) is 0. The highest BCUT2D eigenvalue weighted by Crippen LogP contribution is 2.40. The number of hydrogen-bond donors (Lipinski definition) is 5. The molecule has 0 saturated heterocycles. The molecule has 0 aliphatic rings. The highest BCUT2D eigenvalue weighted by Gasteiger charge is 2.20. The molecule has 0 aliphatic carbocycles. The van der Waals surface area contributed by atoms with E-state index in [2.05, 4.69) is 50.6 Å². The third-order valence-electron chi connectivity index (χ3n) is 5.30. The van der Waals surface area contributed by atoms with Gasteiger partial charge in [0.2, 0.25) is 11.8 Å². The van der Waals surface area contributed by atoms with E-state index in [9.17, 15) is 19.5 Å². The molecule has 0 fully saturated rings. The number of amides is 2. The predicted molar refractivity (Wildman–Crippen MR) is 167 cm³/mol. The van der Waals surface area contributed by atoms with E-state index in [1.54, 1.807) is 12.1 Å². The summed E-state index contributed by atoms with van der Waals surface area (Å²) in [7, 11) is 1.16. The van der Waals surface area contributed by atoms with Crippen molar-refractivity contribution in [2.24, 2.45) is 0 Å². The summed E-state index contributed by atoms with van der Waals surface area (Å²) in [5.74, 6) is -1.36. The minimum Gasteiger partial charge on any atom is -0.507 e. The topological polar surface area (TPSA) is 131 Å². The zero-order valence-corrected chi connectivity index (χ0v) is 24.8. The first-order valence-electron chi connectivity index (χ1n) is 11.8. The zero-order valence-electron chi connectivity index (χ0n) is 21.5. The van der Waals surface area contributed by atoms with Crippen molar-refractivity contribution in [1.29, 1.82) is 0 Å². The molecule has 1 aromatic heterocycles. The van der Waals surface area contributed by atoms with Crippen molar-refractivity contribution in [1.82, 2.24) is 9.97 Å². The molecule has 3 aromatic carbocycles. The average molecular weight is 632 g/mol. The van der Waals surface area contributed by atoms with Gasteiger partial charge in [0.25, 0.3) is 0 Å². The van der Waals surface area contributed by atoms with Crippen molar-refractivity contribution in [2.45, 2.75) is 0 Å². The maximum Gasteiger partial charge on any atom is 0.360 e. The predicted octanol–water partition coefficient (Wildman–Crippen LogP) is 6.03. The molecule has 4 aromatic rings. The van der Waals surface area contributed by atoms with Gasteiger partial charge in [-0.3, -0.25) is 9.59 Å². The van der Waals surface area contributed by atoms with Crippen molar-refractivity contribution >= 4 is 77.7 Å². The molecule has 13 heteroatoms. The van der Waals surface area contributed by atoms with Crippen molar-refractivity contribution in [2.75, 3.05) is 29.2 Å². The number of thiol groups is 2. The van der Waals surface area contributed by atoms with E-state index in [1.165, 1.54) is 0 Å². The molecule has 0 atom stereocenters. The molecule has 0 spiro atoms. The second-order valence-electron chi connectivity index (χ2n) is 8.06. The van der Waals surface area contributed by atoms with E-state index in [1.807, 2.05) is 60.7 Å². The van der Waals surface area contributed by atoms with Gasteiger partial charge >= 0.3 is 5.97 Å². The Bertz CT molecular complexity index is 1480. The summed E-state index contributed by atoms with van der Waals surface area (Å²) in [5, 5.41) is 15.6. The SMILES string of the molecule is COC(=O)c1nc(Cl)c(Cl)nc1NC(=O)CS.O=C(CS)Nc1cc(-c2ccccc2)c(O)c(-c2ccccc2)c1. The van der Waals surface area contributed by atoms with E-state index in [4.69, 9.17) is 23.2 Å². The molecule has 4 rings (SSSR count). The first-order valence-corrected chi connectivity index (χ1v) is 13.8. The molecule has 0 aliphatic heterocycles. The van der Waals surface area contributed by atoms with Gasteiger partial charge in [-0.1, -0.05) is 83.9 Å². The van der Waals surface area contributed by atoms with Gasteiger partial charge in [-0.05, 0) is 23.3 Å². The van der Waals surface area contributed by atoms with Crippen LogP contribution in [0, 0.1) is 0 Å². The van der Waals surface area contributed by atoms with E-state index >= 15 is 0 Å². The van der Waals surface area contributed by atoms with E-state index in [-0.39, 0.29) is 45.0 Å².